The predicted molar refractivity (Wildman–Crippen MR) is 60.9 cm³/mol. The molecular formula is C12H18N2O. The van der Waals surface area contributed by atoms with E-state index in [1.165, 1.54) is 11.1 Å². The summed E-state index contributed by atoms with van der Waals surface area (Å²) in [6, 6.07) is 6.37. The van der Waals surface area contributed by atoms with E-state index in [1.807, 2.05) is 6.07 Å². The van der Waals surface area contributed by atoms with Gasteiger partial charge in [0.15, 0.2) is 0 Å². The van der Waals surface area contributed by atoms with Crippen molar-refractivity contribution < 1.29 is 4.74 Å². The minimum atomic E-state index is 0.111. The smallest absolute Gasteiger partial charge is 0.122 e. The Morgan fingerprint density at radius 2 is 2.27 bits per heavy atom. The van der Waals surface area contributed by atoms with Crippen molar-refractivity contribution in [1.29, 1.82) is 0 Å². The fraction of sp³-hybridized carbons (Fsp3) is 0.500. The molecule has 1 heterocycles. The van der Waals surface area contributed by atoms with Crippen LogP contribution in [-0.2, 0) is 6.42 Å². The van der Waals surface area contributed by atoms with Crippen LogP contribution in [0.5, 0.6) is 5.75 Å². The molecule has 2 rings (SSSR count). The van der Waals surface area contributed by atoms with E-state index in [9.17, 15) is 0 Å². The van der Waals surface area contributed by atoms with Gasteiger partial charge in [-0.15, -0.1) is 0 Å². The summed E-state index contributed by atoms with van der Waals surface area (Å²) in [5, 5.41) is 0. The summed E-state index contributed by atoms with van der Waals surface area (Å²) >= 11 is 0. The summed E-state index contributed by atoms with van der Waals surface area (Å²) in [5.41, 5.74) is 14.0. The summed E-state index contributed by atoms with van der Waals surface area (Å²) < 4.78 is 5.45. The van der Waals surface area contributed by atoms with Gasteiger partial charge < -0.3 is 16.2 Å². The van der Waals surface area contributed by atoms with Crippen molar-refractivity contribution in [2.75, 3.05) is 13.2 Å². The van der Waals surface area contributed by atoms with Crippen molar-refractivity contribution in [3.8, 4) is 5.75 Å². The molecule has 0 bridgehead atoms. The average Bonchev–Trinajstić information content (AvgIpc) is 2.72. The second-order valence-electron chi connectivity index (χ2n) is 4.00. The quantitative estimate of drug-likeness (QED) is 0.782. The summed E-state index contributed by atoms with van der Waals surface area (Å²) in [6.45, 7) is 1.51. The SMILES string of the molecule is NCCCC(N)c1ccc2c(c1)CCO2. The molecule has 1 atom stereocenters. The van der Waals surface area contributed by atoms with E-state index < -0.39 is 0 Å². The Balaban J connectivity index is 2.08. The number of ether oxygens (including phenoxy) is 1. The third kappa shape index (κ3) is 2.30. The van der Waals surface area contributed by atoms with Gasteiger partial charge in [-0.25, -0.2) is 0 Å². The minimum absolute atomic E-state index is 0.111. The lowest BCUT2D eigenvalue weighted by Crippen LogP contribution is -2.12. The van der Waals surface area contributed by atoms with E-state index >= 15 is 0 Å². The van der Waals surface area contributed by atoms with Gasteiger partial charge in [0.05, 0.1) is 6.61 Å². The molecule has 0 fully saturated rings. The van der Waals surface area contributed by atoms with Gasteiger partial charge in [0, 0.05) is 12.5 Å². The lowest BCUT2D eigenvalue weighted by atomic mass is 10.00. The first-order chi connectivity index (χ1) is 7.31. The van der Waals surface area contributed by atoms with Crippen molar-refractivity contribution in [3.63, 3.8) is 0 Å². The maximum atomic E-state index is 6.08. The highest BCUT2D eigenvalue weighted by Crippen LogP contribution is 2.28. The van der Waals surface area contributed by atoms with E-state index in [0.717, 1.165) is 31.6 Å². The summed E-state index contributed by atoms with van der Waals surface area (Å²) in [6.07, 6.45) is 2.94. The largest absolute Gasteiger partial charge is 0.493 e. The number of benzene rings is 1. The fourth-order valence-corrected chi connectivity index (χ4v) is 1.94. The molecule has 0 aliphatic carbocycles. The van der Waals surface area contributed by atoms with Crippen LogP contribution in [0.4, 0.5) is 0 Å². The van der Waals surface area contributed by atoms with Crippen LogP contribution in [0.25, 0.3) is 0 Å². The van der Waals surface area contributed by atoms with E-state index in [2.05, 4.69) is 12.1 Å². The summed E-state index contributed by atoms with van der Waals surface area (Å²) in [4.78, 5) is 0. The number of fused-ring (bicyclic) bond motifs is 1. The van der Waals surface area contributed by atoms with Gasteiger partial charge in [-0.1, -0.05) is 12.1 Å². The summed E-state index contributed by atoms with van der Waals surface area (Å²) in [5.74, 6) is 1.02. The minimum Gasteiger partial charge on any atom is -0.493 e. The van der Waals surface area contributed by atoms with E-state index in [-0.39, 0.29) is 6.04 Å². The number of hydrogen-bond acceptors (Lipinski definition) is 3. The van der Waals surface area contributed by atoms with Crippen molar-refractivity contribution in [2.45, 2.75) is 25.3 Å². The molecule has 0 amide bonds. The highest BCUT2D eigenvalue weighted by molar-refractivity contribution is 5.40. The van der Waals surface area contributed by atoms with Crippen LogP contribution in [0.2, 0.25) is 0 Å². The molecule has 15 heavy (non-hydrogen) atoms. The van der Waals surface area contributed by atoms with Crippen LogP contribution in [0.15, 0.2) is 18.2 Å². The third-order valence-electron chi connectivity index (χ3n) is 2.86. The van der Waals surface area contributed by atoms with Crippen molar-refractivity contribution >= 4 is 0 Å². The van der Waals surface area contributed by atoms with Gasteiger partial charge in [0.25, 0.3) is 0 Å². The van der Waals surface area contributed by atoms with Gasteiger partial charge in [-0.2, -0.15) is 0 Å². The topological polar surface area (TPSA) is 61.3 Å². The molecule has 0 saturated carbocycles. The number of rotatable bonds is 4. The van der Waals surface area contributed by atoms with Crippen LogP contribution < -0.4 is 16.2 Å². The molecule has 0 spiro atoms. The maximum Gasteiger partial charge on any atom is 0.122 e. The second-order valence-corrected chi connectivity index (χ2v) is 4.00. The first-order valence-corrected chi connectivity index (χ1v) is 5.52. The van der Waals surface area contributed by atoms with Crippen molar-refractivity contribution in [2.24, 2.45) is 11.5 Å². The van der Waals surface area contributed by atoms with Gasteiger partial charge in [0.2, 0.25) is 0 Å². The molecule has 1 aromatic rings. The Labute approximate surface area is 90.4 Å². The summed E-state index contributed by atoms with van der Waals surface area (Å²) in [7, 11) is 0. The fourth-order valence-electron chi connectivity index (χ4n) is 1.94. The van der Waals surface area contributed by atoms with Crippen LogP contribution in [0.1, 0.15) is 30.0 Å². The molecule has 3 nitrogen and oxygen atoms in total. The van der Waals surface area contributed by atoms with Gasteiger partial charge in [-0.3, -0.25) is 0 Å². The molecule has 1 unspecified atom stereocenters. The first kappa shape index (κ1) is 10.5. The van der Waals surface area contributed by atoms with Crippen LogP contribution in [0, 0.1) is 0 Å². The number of hydrogen-bond donors (Lipinski definition) is 2. The highest BCUT2D eigenvalue weighted by atomic mass is 16.5. The van der Waals surface area contributed by atoms with E-state index in [1.54, 1.807) is 0 Å². The molecule has 1 aromatic carbocycles. The van der Waals surface area contributed by atoms with Gasteiger partial charge >= 0.3 is 0 Å². The lowest BCUT2D eigenvalue weighted by Gasteiger charge is -2.12. The molecule has 0 saturated heterocycles. The molecule has 1 aliphatic rings. The Morgan fingerprint density at radius 1 is 1.40 bits per heavy atom. The molecule has 1 aliphatic heterocycles. The molecule has 0 radical (unpaired) electrons. The second kappa shape index (κ2) is 4.64. The molecule has 3 heteroatoms. The normalized spacial score (nSPS) is 15.9. The van der Waals surface area contributed by atoms with E-state index in [4.69, 9.17) is 16.2 Å². The van der Waals surface area contributed by atoms with Crippen LogP contribution in [-0.4, -0.2) is 13.2 Å². The highest BCUT2D eigenvalue weighted by Gasteiger charge is 2.14. The monoisotopic (exact) mass is 206 g/mol. The molecule has 0 aromatic heterocycles. The molecule has 82 valence electrons. The van der Waals surface area contributed by atoms with Crippen LogP contribution >= 0.6 is 0 Å². The van der Waals surface area contributed by atoms with E-state index in [0.29, 0.717) is 6.54 Å². The Bertz CT molecular complexity index is 338. The standard InChI is InChI=1S/C12H18N2O/c13-6-1-2-11(14)9-3-4-12-10(8-9)5-7-15-12/h3-4,8,11H,1-2,5-7,13-14H2. The predicted octanol–water partition coefficient (Wildman–Crippen LogP) is 1.36. The molecular weight excluding hydrogens is 188 g/mol. The Kier molecular flexibility index (Phi) is 3.23. The van der Waals surface area contributed by atoms with Gasteiger partial charge in [0.1, 0.15) is 5.75 Å². The zero-order chi connectivity index (χ0) is 10.7. The third-order valence-corrected chi connectivity index (χ3v) is 2.86. The van der Waals surface area contributed by atoms with Crippen molar-refractivity contribution in [1.82, 2.24) is 0 Å². The number of nitrogens with two attached hydrogens (primary N) is 2. The zero-order valence-electron chi connectivity index (χ0n) is 8.91. The van der Waals surface area contributed by atoms with Crippen molar-refractivity contribution in [3.05, 3.63) is 29.3 Å². The van der Waals surface area contributed by atoms with Crippen LogP contribution in [0.3, 0.4) is 0 Å². The Morgan fingerprint density at radius 3 is 3.07 bits per heavy atom. The molecule has 4 N–H and O–H groups in total. The average molecular weight is 206 g/mol. The Hall–Kier alpha value is -1.06. The first-order valence-electron chi connectivity index (χ1n) is 5.52. The maximum absolute atomic E-state index is 6.08. The lowest BCUT2D eigenvalue weighted by molar-refractivity contribution is 0.357. The van der Waals surface area contributed by atoms with Gasteiger partial charge in [-0.05, 0) is 36.6 Å². The zero-order valence-corrected chi connectivity index (χ0v) is 8.91.